The number of aldehydes is 1. The zero-order chi connectivity index (χ0) is 11.4. The molecule has 0 bridgehead atoms. The molecule has 1 unspecified atom stereocenters. The predicted octanol–water partition coefficient (Wildman–Crippen LogP) is 0.904. The zero-order valence-electron chi connectivity index (χ0n) is 7.64. The fraction of sp³-hybridized carbons (Fsp3) is 0.286. The van der Waals surface area contributed by atoms with Gasteiger partial charge in [0.05, 0.1) is 11.3 Å². The van der Waals surface area contributed by atoms with E-state index in [1.807, 2.05) is 0 Å². The standard InChI is InChI=1S/C7H7ClN2O4S/c1-4-5(2-11)7(8)10-6(9-4)3-14-15(12)13/h2H,3H2,1H3,(H,12,13). The van der Waals surface area contributed by atoms with Gasteiger partial charge in [-0.25, -0.2) is 9.97 Å². The molecule has 1 N–H and O–H groups in total. The first kappa shape index (κ1) is 12.2. The van der Waals surface area contributed by atoms with Crippen LogP contribution in [0, 0.1) is 6.92 Å². The number of hydrogen-bond acceptors (Lipinski definition) is 5. The molecule has 8 heteroatoms. The maximum atomic E-state index is 10.5. The lowest BCUT2D eigenvalue weighted by molar-refractivity contribution is 0.112. The molecule has 0 aromatic carbocycles. The Morgan fingerprint density at radius 3 is 2.73 bits per heavy atom. The summed E-state index contributed by atoms with van der Waals surface area (Å²) in [4.78, 5) is 18.1. The van der Waals surface area contributed by atoms with Gasteiger partial charge in [-0.05, 0) is 6.92 Å². The van der Waals surface area contributed by atoms with Gasteiger partial charge in [0, 0.05) is 0 Å². The van der Waals surface area contributed by atoms with Crippen molar-refractivity contribution in [1.82, 2.24) is 9.97 Å². The van der Waals surface area contributed by atoms with Crippen molar-refractivity contribution in [1.29, 1.82) is 0 Å². The van der Waals surface area contributed by atoms with Crippen LogP contribution >= 0.6 is 11.6 Å². The number of carbonyl (C=O) groups is 1. The summed E-state index contributed by atoms with van der Waals surface area (Å²) in [5.74, 6) is 0.144. The van der Waals surface area contributed by atoms with Crippen molar-refractivity contribution in [3.63, 3.8) is 0 Å². The van der Waals surface area contributed by atoms with E-state index in [9.17, 15) is 9.00 Å². The monoisotopic (exact) mass is 250 g/mol. The molecule has 1 heterocycles. The van der Waals surface area contributed by atoms with Gasteiger partial charge in [0.2, 0.25) is 0 Å². The normalized spacial score (nSPS) is 12.5. The van der Waals surface area contributed by atoms with E-state index in [1.165, 1.54) is 0 Å². The van der Waals surface area contributed by atoms with Crippen LogP contribution < -0.4 is 0 Å². The summed E-state index contributed by atoms with van der Waals surface area (Å²) < 4.78 is 22.9. The molecule has 1 aromatic rings. The molecule has 0 amide bonds. The number of rotatable bonds is 4. The van der Waals surface area contributed by atoms with Gasteiger partial charge >= 0.3 is 11.4 Å². The molecular weight excluding hydrogens is 244 g/mol. The maximum absolute atomic E-state index is 10.5. The van der Waals surface area contributed by atoms with E-state index < -0.39 is 11.4 Å². The third kappa shape index (κ3) is 3.31. The minimum absolute atomic E-state index is 0.000165. The molecule has 0 saturated carbocycles. The average Bonchev–Trinajstić information content (AvgIpc) is 2.14. The Balaban J connectivity index is 2.93. The third-order valence-corrected chi connectivity index (χ3v) is 2.15. The molecule has 0 aliphatic rings. The zero-order valence-corrected chi connectivity index (χ0v) is 9.21. The van der Waals surface area contributed by atoms with Crippen LogP contribution in [0.25, 0.3) is 0 Å². The molecular formula is C7H7ClN2O4S. The van der Waals surface area contributed by atoms with Crippen molar-refractivity contribution >= 4 is 29.2 Å². The fourth-order valence-corrected chi connectivity index (χ4v) is 1.39. The number of nitrogens with zero attached hydrogens (tertiary/aromatic N) is 2. The van der Waals surface area contributed by atoms with Crippen LogP contribution in [0.4, 0.5) is 0 Å². The van der Waals surface area contributed by atoms with E-state index in [2.05, 4.69) is 14.2 Å². The van der Waals surface area contributed by atoms with Crippen molar-refractivity contribution in [3.05, 3.63) is 22.2 Å². The van der Waals surface area contributed by atoms with Gasteiger partial charge in [-0.1, -0.05) is 11.6 Å². The summed E-state index contributed by atoms with van der Waals surface area (Å²) in [6.45, 7) is 1.33. The first-order chi connectivity index (χ1) is 7.04. The lowest BCUT2D eigenvalue weighted by Crippen LogP contribution is -2.05. The van der Waals surface area contributed by atoms with Crippen LogP contribution in [0.5, 0.6) is 0 Å². The topological polar surface area (TPSA) is 89.4 Å². The Hall–Kier alpha value is -0.890. The van der Waals surface area contributed by atoms with Crippen molar-refractivity contribution in [2.45, 2.75) is 13.5 Å². The van der Waals surface area contributed by atoms with Crippen LogP contribution in [0.15, 0.2) is 0 Å². The number of carbonyl (C=O) groups excluding carboxylic acids is 1. The highest BCUT2D eigenvalue weighted by molar-refractivity contribution is 7.74. The number of halogens is 1. The van der Waals surface area contributed by atoms with E-state index in [0.29, 0.717) is 12.0 Å². The van der Waals surface area contributed by atoms with Crippen LogP contribution in [0.1, 0.15) is 21.9 Å². The number of aryl methyl sites for hydroxylation is 1. The van der Waals surface area contributed by atoms with Gasteiger partial charge in [-0.15, -0.1) is 0 Å². The number of hydrogen-bond donors (Lipinski definition) is 1. The molecule has 1 rings (SSSR count). The second-order valence-electron chi connectivity index (χ2n) is 2.53. The Labute approximate surface area is 93.1 Å². The second-order valence-corrected chi connectivity index (χ2v) is 3.55. The predicted molar refractivity (Wildman–Crippen MR) is 52.7 cm³/mol. The summed E-state index contributed by atoms with van der Waals surface area (Å²) in [6.07, 6.45) is 0.548. The summed E-state index contributed by atoms with van der Waals surface area (Å²) >= 11 is 3.29. The molecule has 0 aliphatic heterocycles. The Bertz CT molecular complexity index is 389. The van der Waals surface area contributed by atoms with Crippen molar-refractivity contribution in [2.24, 2.45) is 0 Å². The molecule has 15 heavy (non-hydrogen) atoms. The quantitative estimate of drug-likeness (QED) is 0.485. The van der Waals surface area contributed by atoms with Crippen LogP contribution in [0.3, 0.4) is 0 Å². The highest BCUT2D eigenvalue weighted by Crippen LogP contribution is 2.14. The molecule has 1 atom stereocenters. The Morgan fingerprint density at radius 1 is 1.60 bits per heavy atom. The molecule has 0 fully saturated rings. The Kier molecular flexibility index (Phi) is 4.28. The molecule has 0 aliphatic carbocycles. The summed E-state index contributed by atoms with van der Waals surface area (Å²) in [6, 6.07) is 0. The van der Waals surface area contributed by atoms with Gasteiger partial charge in [-0.3, -0.25) is 13.5 Å². The van der Waals surface area contributed by atoms with E-state index in [-0.39, 0.29) is 23.1 Å². The smallest absolute Gasteiger partial charge is 0.298 e. The summed E-state index contributed by atoms with van der Waals surface area (Å²) in [7, 11) is 0. The first-order valence-electron chi connectivity index (χ1n) is 3.77. The molecule has 0 radical (unpaired) electrons. The van der Waals surface area contributed by atoms with Gasteiger partial charge < -0.3 is 0 Å². The molecule has 0 spiro atoms. The lowest BCUT2D eigenvalue weighted by atomic mass is 10.3. The van der Waals surface area contributed by atoms with Gasteiger partial charge in [0.25, 0.3) is 0 Å². The highest BCUT2D eigenvalue weighted by atomic mass is 35.5. The third-order valence-electron chi connectivity index (χ3n) is 1.54. The first-order valence-corrected chi connectivity index (χ1v) is 5.18. The van der Waals surface area contributed by atoms with Crippen molar-refractivity contribution < 1.29 is 17.7 Å². The van der Waals surface area contributed by atoms with E-state index >= 15 is 0 Å². The van der Waals surface area contributed by atoms with Crippen LogP contribution in [-0.2, 0) is 22.2 Å². The minimum Gasteiger partial charge on any atom is -0.298 e. The van der Waals surface area contributed by atoms with Crippen molar-refractivity contribution in [2.75, 3.05) is 0 Å². The highest BCUT2D eigenvalue weighted by Gasteiger charge is 2.09. The SMILES string of the molecule is Cc1nc(COS(=O)O)nc(Cl)c1C=O. The summed E-state index contributed by atoms with van der Waals surface area (Å²) in [5.41, 5.74) is 0.595. The maximum Gasteiger partial charge on any atom is 0.302 e. The fourth-order valence-electron chi connectivity index (χ4n) is 0.903. The minimum atomic E-state index is -2.38. The van der Waals surface area contributed by atoms with Gasteiger partial charge in [0.1, 0.15) is 11.8 Å². The van der Waals surface area contributed by atoms with E-state index in [0.717, 1.165) is 0 Å². The summed E-state index contributed by atoms with van der Waals surface area (Å²) in [5, 5.41) is -0.000165. The van der Waals surface area contributed by atoms with Gasteiger partial charge in [-0.2, -0.15) is 4.21 Å². The Morgan fingerprint density at radius 2 is 2.27 bits per heavy atom. The number of aromatic nitrogens is 2. The van der Waals surface area contributed by atoms with Crippen LogP contribution in [-0.4, -0.2) is 25.0 Å². The van der Waals surface area contributed by atoms with Crippen LogP contribution in [0.2, 0.25) is 5.15 Å². The van der Waals surface area contributed by atoms with E-state index in [1.54, 1.807) is 6.92 Å². The van der Waals surface area contributed by atoms with Crippen molar-refractivity contribution in [3.8, 4) is 0 Å². The van der Waals surface area contributed by atoms with Gasteiger partial charge in [0.15, 0.2) is 12.1 Å². The molecule has 82 valence electrons. The molecule has 1 aromatic heterocycles. The molecule has 0 saturated heterocycles. The van der Waals surface area contributed by atoms with E-state index in [4.69, 9.17) is 16.2 Å². The molecule has 6 nitrogen and oxygen atoms in total. The lowest BCUT2D eigenvalue weighted by Gasteiger charge is -2.03. The average molecular weight is 251 g/mol. The second kappa shape index (κ2) is 5.26. The largest absolute Gasteiger partial charge is 0.302 e.